The van der Waals surface area contributed by atoms with Crippen molar-refractivity contribution in [2.45, 2.75) is 89.1 Å². The first-order valence-electron chi connectivity index (χ1n) is 13.9. The van der Waals surface area contributed by atoms with Crippen LogP contribution in [0.2, 0.25) is 0 Å². The molecule has 1 saturated carbocycles. The lowest BCUT2D eigenvalue weighted by Gasteiger charge is -2.49. The Balaban J connectivity index is 1.49. The monoisotopic (exact) mass is 517 g/mol. The number of unbranched alkanes of at least 4 members (excludes halogenated alkanes) is 1. The van der Waals surface area contributed by atoms with Gasteiger partial charge in [0, 0.05) is 6.04 Å². The van der Waals surface area contributed by atoms with E-state index < -0.39 is 24.1 Å². The summed E-state index contributed by atoms with van der Waals surface area (Å²) in [5.74, 6) is -0.678. The molecule has 38 heavy (non-hydrogen) atoms. The van der Waals surface area contributed by atoms with Gasteiger partial charge in [0.2, 0.25) is 5.91 Å². The number of hydrogen-bond acceptors (Lipinski definition) is 4. The number of esters is 1. The topological polar surface area (TPSA) is 87.7 Å². The standard InChI is InChI=1S/C31H39N3O4/c1-2-3-19-27(30(36)38-22-24-15-9-5-10-16-24)34-26(21-20-23-13-7-4-8-14-23)28(29(34)35)33-31(37)32-25-17-11-6-12-18-25/h4-5,7-10,13-16,20-21,25-28H,2-3,6,11-12,17-19,22H2,1H3,(H2,32,33,37). The van der Waals surface area contributed by atoms with Crippen molar-refractivity contribution >= 4 is 24.0 Å². The number of β-lactam (4-membered cyclic amide) rings is 1. The average molecular weight is 518 g/mol. The van der Waals surface area contributed by atoms with Crippen LogP contribution in [0.3, 0.4) is 0 Å². The second-order valence-corrected chi connectivity index (χ2v) is 10.2. The number of amides is 3. The molecule has 1 aliphatic heterocycles. The van der Waals surface area contributed by atoms with E-state index in [4.69, 9.17) is 4.74 Å². The lowest BCUT2D eigenvalue weighted by atomic mass is 9.89. The molecule has 3 unspecified atom stereocenters. The molecular weight excluding hydrogens is 478 g/mol. The predicted molar refractivity (Wildman–Crippen MR) is 148 cm³/mol. The fourth-order valence-electron chi connectivity index (χ4n) is 5.23. The first-order valence-corrected chi connectivity index (χ1v) is 13.9. The van der Waals surface area contributed by atoms with Gasteiger partial charge in [0.1, 0.15) is 18.7 Å². The second kappa shape index (κ2) is 13.8. The summed E-state index contributed by atoms with van der Waals surface area (Å²) in [6.45, 7) is 2.21. The zero-order valence-corrected chi connectivity index (χ0v) is 22.2. The molecule has 202 valence electrons. The Labute approximate surface area is 225 Å². The van der Waals surface area contributed by atoms with Gasteiger partial charge in [-0.2, -0.15) is 0 Å². The average Bonchev–Trinajstić information content (AvgIpc) is 2.95. The van der Waals surface area contributed by atoms with Crippen molar-refractivity contribution in [2.75, 3.05) is 0 Å². The molecule has 7 heteroatoms. The van der Waals surface area contributed by atoms with Crippen LogP contribution in [0.1, 0.15) is 69.4 Å². The molecule has 3 atom stereocenters. The Kier molecular flexibility index (Phi) is 9.96. The molecule has 2 aromatic carbocycles. The van der Waals surface area contributed by atoms with Gasteiger partial charge in [-0.05, 0) is 30.4 Å². The molecule has 4 rings (SSSR count). The molecular formula is C31H39N3O4. The van der Waals surface area contributed by atoms with Gasteiger partial charge in [0.25, 0.3) is 0 Å². The normalized spacial score (nSPS) is 20.6. The molecule has 1 saturated heterocycles. The molecule has 2 aromatic rings. The summed E-state index contributed by atoms with van der Waals surface area (Å²) in [6.07, 6.45) is 11.3. The molecule has 0 radical (unpaired) electrons. The molecule has 3 amide bonds. The van der Waals surface area contributed by atoms with Crippen LogP contribution in [-0.2, 0) is 20.9 Å². The van der Waals surface area contributed by atoms with Gasteiger partial charge in [-0.1, -0.05) is 112 Å². The number of nitrogens with zero attached hydrogens (tertiary/aromatic N) is 1. The zero-order chi connectivity index (χ0) is 26.7. The number of carbonyl (C=O) groups excluding carboxylic acids is 3. The predicted octanol–water partition coefficient (Wildman–Crippen LogP) is 5.21. The minimum Gasteiger partial charge on any atom is -0.459 e. The third-order valence-electron chi connectivity index (χ3n) is 7.36. The van der Waals surface area contributed by atoms with Gasteiger partial charge >= 0.3 is 12.0 Å². The lowest BCUT2D eigenvalue weighted by molar-refractivity contribution is -0.167. The lowest BCUT2D eigenvalue weighted by Crippen LogP contribution is -2.74. The van der Waals surface area contributed by atoms with E-state index >= 15 is 0 Å². The van der Waals surface area contributed by atoms with Crippen LogP contribution in [0.25, 0.3) is 6.08 Å². The van der Waals surface area contributed by atoms with Crippen molar-refractivity contribution in [2.24, 2.45) is 0 Å². The van der Waals surface area contributed by atoms with E-state index in [0.29, 0.717) is 6.42 Å². The van der Waals surface area contributed by atoms with E-state index in [1.54, 1.807) is 4.90 Å². The fourth-order valence-corrected chi connectivity index (χ4v) is 5.23. The highest BCUT2D eigenvalue weighted by molar-refractivity contribution is 5.97. The van der Waals surface area contributed by atoms with Gasteiger partial charge in [-0.15, -0.1) is 0 Å². The minimum absolute atomic E-state index is 0.138. The number of carbonyl (C=O) groups is 3. The third-order valence-corrected chi connectivity index (χ3v) is 7.36. The van der Waals surface area contributed by atoms with E-state index in [2.05, 4.69) is 17.6 Å². The van der Waals surface area contributed by atoms with E-state index in [1.165, 1.54) is 6.42 Å². The number of benzene rings is 2. The maximum absolute atomic E-state index is 13.4. The number of hydrogen-bond donors (Lipinski definition) is 2. The summed E-state index contributed by atoms with van der Waals surface area (Å²) >= 11 is 0. The highest BCUT2D eigenvalue weighted by atomic mass is 16.5. The number of ether oxygens (including phenoxy) is 1. The summed E-state index contributed by atoms with van der Waals surface area (Å²) in [5.41, 5.74) is 1.87. The van der Waals surface area contributed by atoms with Crippen molar-refractivity contribution in [3.63, 3.8) is 0 Å². The largest absolute Gasteiger partial charge is 0.459 e. The molecule has 0 bridgehead atoms. The van der Waals surface area contributed by atoms with Crippen molar-refractivity contribution in [3.8, 4) is 0 Å². The van der Waals surface area contributed by atoms with Crippen LogP contribution in [0.4, 0.5) is 4.79 Å². The van der Waals surface area contributed by atoms with E-state index in [9.17, 15) is 14.4 Å². The van der Waals surface area contributed by atoms with Crippen LogP contribution in [0, 0.1) is 0 Å². The number of urea groups is 1. The Hall–Kier alpha value is -3.61. The molecule has 2 fully saturated rings. The number of rotatable bonds is 11. The van der Waals surface area contributed by atoms with Gasteiger partial charge in [0.15, 0.2) is 0 Å². The van der Waals surface area contributed by atoms with E-state index in [-0.39, 0.29) is 24.6 Å². The zero-order valence-electron chi connectivity index (χ0n) is 22.2. The summed E-state index contributed by atoms with van der Waals surface area (Å²) in [4.78, 5) is 41.1. The Morgan fingerprint density at radius 1 is 1.00 bits per heavy atom. The molecule has 0 aromatic heterocycles. The summed E-state index contributed by atoms with van der Waals surface area (Å²) in [5, 5.41) is 5.93. The van der Waals surface area contributed by atoms with Gasteiger partial charge in [0.05, 0.1) is 6.04 Å². The maximum Gasteiger partial charge on any atom is 0.329 e. The minimum atomic E-state index is -0.732. The molecule has 1 heterocycles. The summed E-state index contributed by atoms with van der Waals surface area (Å²) in [7, 11) is 0. The summed E-state index contributed by atoms with van der Waals surface area (Å²) < 4.78 is 5.66. The van der Waals surface area contributed by atoms with Crippen molar-refractivity contribution in [1.82, 2.24) is 15.5 Å². The number of nitrogens with one attached hydrogen (secondary N) is 2. The molecule has 2 aliphatic rings. The first-order chi connectivity index (χ1) is 18.6. The van der Waals surface area contributed by atoms with Crippen LogP contribution < -0.4 is 10.6 Å². The van der Waals surface area contributed by atoms with Crippen molar-refractivity contribution in [3.05, 3.63) is 77.9 Å². The van der Waals surface area contributed by atoms with Gasteiger partial charge < -0.3 is 20.3 Å². The quantitative estimate of drug-likeness (QED) is 0.316. The smallest absolute Gasteiger partial charge is 0.329 e. The highest BCUT2D eigenvalue weighted by Gasteiger charge is 2.51. The molecule has 7 nitrogen and oxygen atoms in total. The first kappa shape index (κ1) is 27.4. The van der Waals surface area contributed by atoms with Crippen LogP contribution >= 0.6 is 0 Å². The highest BCUT2D eigenvalue weighted by Crippen LogP contribution is 2.29. The SMILES string of the molecule is CCCCC(C(=O)OCc1ccccc1)N1C(=O)C(NC(=O)NC2CCCCC2)C1C=Cc1ccccc1. The Morgan fingerprint density at radius 2 is 1.68 bits per heavy atom. The fraction of sp³-hybridized carbons (Fsp3) is 0.452. The van der Waals surface area contributed by atoms with Gasteiger partial charge in [-0.25, -0.2) is 9.59 Å². The van der Waals surface area contributed by atoms with Gasteiger partial charge in [-0.3, -0.25) is 4.79 Å². The van der Waals surface area contributed by atoms with E-state index in [1.807, 2.05) is 72.8 Å². The van der Waals surface area contributed by atoms with Crippen LogP contribution in [0.15, 0.2) is 66.7 Å². The molecule has 0 spiro atoms. The van der Waals surface area contributed by atoms with Crippen LogP contribution in [0.5, 0.6) is 0 Å². The van der Waals surface area contributed by atoms with Crippen molar-refractivity contribution < 1.29 is 19.1 Å². The molecule has 2 N–H and O–H groups in total. The Bertz CT molecular complexity index is 1080. The maximum atomic E-state index is 13.4. The third kappa shape index (κ3) is 7.24. The van der Waals surface area contributed by atoms with Crippen LogP contribution in [-0.4, -0.2) is 47.0 Å². The van der Waals surface area contributed by atoms with E-state index in [0.717, 1.165) is 49.7 Å². The van der Waals surface area contributed by atoms with Crippen molar-refractivity contribution in [1.29, 1.82) is 0 Å². The summed E-state index contributed by atoms with van der Waals surface area (Å²) in [6, 6.07) is 17.2. The second-order valence-electron chi connectivity index (χ2n) is 10.2. The number of likely N-dealkylation sites (tertiary alicyclic amines) is 1. The molecule has 1 aliphatic carbocycles. The Morgan fingerprint density at radius 3 is 2.37 bits per heavy atom.